The molecule has 0 radical (unpaired) electrons. The van der Waals surface area contributed by atoms with Crippen molar-refractivity contribution in [2.75, 3.05) is 26.7 Å². The summed E-state index contributed by atoms with van der Waals surface area (Å²) in [6.45, 7) is 4.51. The number of piperidine rings is 1. The van der Waals surface area contributed by atoms with Crippen molar-refractivity contribution in [1.82, 2.24) is 15.2 Å². The van der Waals surface area contributed by atoms with Crippen molar-refractivity contribution in [2.45, 2.75) is 25.8 Å². The van der Waals surface area contributed by atoms with Gasteiger partial charge >= 0.3 is 0 Å². The summed E-state index contributed by atoms with van der Waals surface area (Å²) in [4.78, 5) is 7.33. The molecule has 5 heteroatoms. The third kappa shape index (κ3) is 4.77. The maximum Gasteiger partial charge on any atom is 0.123 e. The smallest absolute Gasteiger partial charge is 0.123 e. The van der Waals surface area contributed by atoms with E-state index < -0.39 is 0 Å². The molecule has 0 amide bonds. The molecule has 1 aromatic carbocycles. The molecule has 124 valence electrons. The normalized spacial score (nSPS) is 16.8. The second-order valence-electron chi connectivity index (χ2n) is 6.26. The highest BCUT2D eigenvalue weighted by molar-refractivity contribution is 7.13. The van der Waals surface area contributed by atoms with Crippen LogP contribution in [0, 0.1) is 5.92 Å². The molecule has 1 N–H and O–H groups in total. The van der Waals surface area contributed by atoms with Crippen LogP contribution >= 0.6 is 22.9 Å². The lowest BCUT2D eigenvalue weighted by Gasteiger charge is -2.31. The Kier molecular flexibility index (Phi) is 6.06. The van der Waals surface area contributed by atoms with Crippen molar-refractivity contribution < 1.29 is 0 Å². The van der Waals surface area contributed by atoms with Gasteiger partial charge in [0.15, 0.2) is 0 Å². The molecular formula is C18H24ClN3S. The Bertz CT molecular complexity index is 603. The Balaban J connectivity index is 1.53. The van der Waals surface area contributed by atoms with Crippen LogP contribution in [-0.2, 0) is 6.54 Å². The maximum absolute atomic E-state index is 5.95. The van der Waals surface area contributed by atoms with Gasteiger partial charge in [-0.15, -0.1) is 11.3 Å². The highest BCUT2D eigenvalue weighted by Gasteiger charge is 2.19. The number of aromatic nitrogens is 1. The molecule has 2 heterocycles. The Labute approximate surface area is 147 Å². The van der Waals surface area contributed by atoms with E-state index in [0.29, 0.717) is 0 Å². The average molecular weight is 350 g/mol. The molecule has 0 saturated carbocycles. The molecule has 0 unspecified atom stereocenters. The third-order valence-electron chi connectivity index (χ3n) is 4.54. The number of hydrogen-bond donors (Lipinski definition) is 1. The van der Waals surface area contributed by atoms with Crippen LogP contribution in [0.25, 0.3) is 10.6 Å². The van der Waals surface area contributed by atoms with Gasteiger partial charge in [-0.1, -0.05) is 23.7 Å². The largest absolute Gasteiger partial charge is 0.320 e. The Morgan fingerprint density at radius 1 is 1.26 bits per heavy atom. The minimum Gasteiger partial charge on any atom is -0.320 e. The van der Waals surface area contributed by atoms with Crippen LogP contribution in [0.3, 0.4) is 0 Å². The Morgan fingerprint density at radius 3 is 2.70 bits per heavy atom. The first-order valence-electron chi connectivity index (χ1n) is 8.32. The molecule has 0 bridgehead atoms. The number of benzene rings is 1. The van der Waals surface area contributed by atoms with Crippen molar-refractivity contribution in [1.29, 1.82) is 0 Å². The van der Waals surface area contributed by atoms with Crippen LogP contribution in [0.1, 0.15) is 25.0 Å². The molecule has 3 rings (SSSR count). The summed E-state index contributed by atoms with van der Waals surface area (Å²) in [5.74, 6) is 0.888. The number of hydrogen-bond acceptors (Lipinski definition) is 4. The zero-order valence-electron chi connectivity index (χ0n) is 13.6. The van der Waals surface area contributed by atoms with Gasteiger partial charge in [-0.2, -0.15) is 0 Å². The summed E-state index contributed by atoms with van der Waals surface area (Å²) in [6, 6.07) is 7.93. The van der Waals surface area contributed by atoms with E-state index in [0.717, 1.165) is 34.6 Å². The molecule has 1 aromatic heterocycles. The Morgan fingerprint density at radius 2 is 2.00 bits per heavy atom. The summed E-state index contributed by atoms with van der Waals surface area (Å²) in [5, 5.41) is 7.30. The van der Waals surface area contributed by atoms with Crippen LogP contribution in [0.15, 0.2) is 29.6 Å². The van der Waals surface area contributed by atoms with Crippen molar-refractivity contribution >= 4 is 22.9 Å². The third-order valence-corrected chi connectivity index (χ3v) is 5.73. The van der Waals surface area contributed by atoms with Crippen LogP contribution in [0.4, 0.5) is 0 Å². The van der Waals surface area contributed by atoms with E-state index in [9.17, 15) is 0 Å². The summed E-state index contributed by atoms with van der Waals surface area (Å²) >= 11 is 7.67. The summed E-state index contributed by atoms with van der Waals surface area (Å²) in [6.07, 6.45) is 3.94. The van der Waals surface area contributed by atoms with Gasteiger partial charge in [-0.3, -0.25) is 4.90 Å². The lowest BCUT2D eigenvalue weighted by molar-refractivity contribution is 0.171. The van der Waals surface area contributed by atoms with Gasteiger partial charge in [0.2, 0.25) is 0 Å². The SMILES string of the molecule is CNCCC1CCN(Cc2csc(-c3ccc(Cl)cc3)n2)CC1. The number of halogens is 1. The number of nitrogens with zero attached hydrogens (tertiary/aromatic N) is 2. The van der Waals surface area contributed by atoms with E-state index in [1.165, 1.54) is 38.0 Å². The molecule has 3 nitrogen and oxygen atoms in total. The van der Waals surface area contributed by atoms with Gasteiger partial charge in [-0.25, -0.2) is 4.98 Å². The standard InChI is InChI=1S/C18H24ClN3S/c1-20-9-6-14-7-10-22(11-8-14)12-17-13-23-18(21-17)15-2-4-16(19)5-3-15/h2-5,13-14,20H,6-12H2,1H3. The molecule has 1 fully saturated rings. The molecule has 1 saturated heterocycles. The summed E-state index contributed by atoms with van der Waals surface area (Å²) < 4.78 is 0. The van der Waals surface area contributed by atoms with Crippen LogP contribution < -0.4 is 5.32 Å². The predicted octanol–water partition coefficient (Wildman–Crippen LogP) is 4.29. The highest BCUT2D eigenvalue weighted by Crippen LogP contribution is 2.27. The van der Waals surface area contributed by atoms with Gasteiger partial charge in [0, 0.05) is 22.5 Å². The fourth-order valence-corrected chi connectivity index (χ4v) is 4.06. The van der Waals surface area contributed by atoms with Crippen molar-refractivity contribution in [2.24, 2.45) is 5.92 Å². The van der Waals surface area contributed by atoms with Gasteiger partial charge in [0.1, 0.15) is 5.01 Å². The minimum atomic E-state index is 0.770. The lowest BCUT2D eigenvalue weighted by Crippen LogP contribution is -2.34. The van der Waals surface area contributed by atoms with Gasteiger partial charge in [-0.05, 0) is 64.0 Å². The van der Waals surface area contributed by atoms with E-state index in [-0.39, 0.29) is 0 Å². The van der Waals surface area contributed by atoms with E-state index in [4.69, 9.17) is 16.6 Å². The topological polar surface area (TPSA) is 28.2 Å². The lowest BCUT2D eigenvalue weighted by atomic mass is 9.93. The van der Waals surface area contributed by atoms with Crippen molar-refractivity contribution in [3.63, 3.8) is 0 Å². The fourth-order valence-electron chi connectivity index (χ4n) is 3.12. The maximum atomic E-state index is 5.95. The second-order valence-corrected chi connectivity index (χ2v) is 7.56. The average Bonchev–Trinajstić information content (AvgIpc) is 3.03. The van der Waals surface area contributed by atoms with Gasteiger partial charge in [0.05, 0.1) is 5.69 Å². The summed E-state index contributed by atoms with van der Waals surface area (Å²) in [7, 11) is 2.04. The molecular weight excluding hydrogens is 326 g/mol. The second kappa shape index (κ2) is 8.25. The Hall–Kier alpha value is -0.940. The molecule has 0 atom stereocenters. The van der Waals surface area contributed by atoms with E-state index in [1.54, 1.807) is 11.3 Å². The number of rotatable bonds is 6. The predicted molar refractivity (Wildman–Crippen MR) is 99.1 cm³/mol. The monoisotopic (exact) mass is 349 g/mol. The zero-order chi connectivity index (χ0) is 16.1. The fraction of sp³-hybridized carbons (Fsp3) is 0.500. The first-order chi connectivity index (χ1) is 11.2. The van der Waals surface area contributed by atoms with E-state index in [2.05, 4.69) is 15.6 Å². The summed E-state index contributed by atoms with van der Waals surface area (Å²) in [5.41, 5.74) is 2.34. The van der Waals surface area contributed by atoms with Crippen molar-refractivity contribution in [3.8, 4) is 10.6 Å². The molecule has 1 aliphatic heterocycles. The number of likely N-dealkylation sites (tertiary alicyclic amines) is 1. The molecule has 1 aliphatic rings. The first kappa shape index (κ1) is 16.9. The molecule has 0 spiro atoms. The van der Waals surface area contributed by atoms with Gasteiger partial charge < -0.3 is 5.32 Å². The molecule has 2 aromatic rings. The molecule has 0 aliphatic carbocycles. The zero-order valence-corrected chi connectivity index (χ0v) is 15.2. The first-order valence-corrected chi connectivity index (χ1v) is 9.57. The highest BCUT2D eigenvalue weighted by atomic mass is 35.5. The van der Waals surface area contributed by atoms with E-state index in [1.807, 2.05) is 31.3 Å². The number of thiazole rings is 1. The van der Waals surface area contributed by atoms with Crippen molar-refractivity contribution in [3.05, 3.63) is 40.4 Å². The van der Waals surface area contributed by atoms with E-state index >= 15 is 0 Å². The minimum absolute atomic E-state index is 0.770. The quantitative estimate of drug-likeness (QED) is 0.843. The van der Waals surface area contributed by atoms with Gasteiger partial charge in [0.25, 0.3) is 0 Å². The van der Waals surface area contributed by atoms with Crippen LogP contribution in [0.2, 0.25) is 5.02 Å². The van der Waals surface area contributed by atoms with Crippen LogP contribution in [0.5, 0.6) is 0 Å². The number of nitrogens with one attached hydrogen (secondary N) is 1. The molecule has 23 heavy (non-hydrogen) atoms. The van der Waals surface area contributed by atoms with Crippen LogP contribution in [-0.4, -0.2) is 36.6 Å².